The van der Waals surface area contributed by atoms with E-state index in [1.54, 1.807) is 18.3 Å². The van der Waals surface area contributed by atoms with E-state index in [1.165, 1.54) is 0 Å². The zero-order valence-corrected chi connectivity index (χ0v) is 6.78. The third-order valence-electron chi connectivity index (χ3n) is 1.25. The van der Waals surface area contributed by atoms with E-state index >= 15 is 0 Å². The Labute approximate surface area is 70.4 Å². The van der Waals surface area contributed by atoms with Gasteiger partial charge in [0.1, 0.15) is 5.75 Å². The molecule has 4 nitrogen and oxygen atoms in total. The number of pyridine rings is 1. The zero-order chi connectivity index (χ0) is 8.97. The summed E-state index contributed by atoms with van der Waals surface area (Å²) in [6.45, 7) is 1.75. The Balaban J connectivity index is 2.57. The first-order valence-electron chi connectivity index (χ1n) is 3.52. The molecule has 1 amide bonds. The molecule has 1 heterocycles. The predicted octanol–water partition coefficient (Wildman–Crippen LogP) is 0.254. The summed E-state index contributed by atoms with van der Waals surface area (Å²) in [5.41, 5.74) is 5.74. The van der Waals surface area contributed by atoms with Gasteiger partial charge < -0.3 is 10.5 Å². The van der Waals surface area contributed by atoms with Crippen LogP contribution in [-0.4, -0.2) is 17.5 Å². The molecule has 4 heteroatoms. The number of carbonyl (C=O) groups excluding carboxylic acids is 1. The lowest BCUT2D eigenvalue weighted by Crippen LogP contribution is -2.20. The average Bonchev–Trinajstić information content (AvgIpc) is 2.01. The summed E-state index contributed by atoms with van der Waals surface area (Å²) in [7, 11) is 0. The lowest BCUT2D eigenvalue weighted by molar-refractivity contribution is -0.119. The van der Waals surface area contributed by atoms with Crippen LogP contribution in [0.15, 0.2) is 18.3 Å². The van der Waals surface area contributed by atoms with E-state index in [2.05, 4.69) is 4.98 Å². The second kappa shape index (κ2) is 3.71. The Kier molecular flexibility index (Phi) is 2.63. The molecule has 0 aliphatic rings. The van der Waals surface area contributed by atoms with Crippen LogP contribution in [0.3, 0.4) is 0 Å². The van der Waals surface area contributed by atoms with E-state index in [0.717, 1.165) is 5.69 Å². The minimum atomic E-state index is -0.482. The Morgan fingerprint density at radius 3 is 3.08 bits per heavy atom. The first-order chi connectivity index (χ1) is 5.68. The van der Waals surface area contributed by atoms with Gasteiger partial charge in [-0.25, -0.2) is 0 Å². The van der Waals surface area contributed by atoms with Gasteiger partial charge in [0, 0.05) is 18.0 Å². The highest BCUT2D eigenvalue weighted by Gasteiger charge is 1.96. The monoisotopic (exact) mass is 166 g/mol. The van der Waals surface area contributed by atoms with E-state index in [9.17, 15) is 4.79 Å². The van der Waals surface area contributed by atoms with Crippen molar-refractivity contribution in [1.29, 1.82) is 0 Å². The summed E-state index contributed by atoms with van der Waals surface area (Å²) in [6.07, 6.45) is 1.62. The molecule has 0 radical (unpaired) electrons. The van der Waals surface area contributed by atoms with Crippen molar-refractivity contribution in [3.63, 3.8) is 0 Å². The molecule has 0 aromatic carbocycles. The number of hydrogen-bond donors (Lipinski definition) is 1. The van der Waals surface area contributed by atoms with Gasteiger partial charge >= 0.3 is 0 Å². The number of nitrogens with zero attached hydrogens (tertiary/aromatic N) is 1. The van der Waals surface area contributed by atoms with Crippen LogP contribution < -0.4 is 10.5 Å². The van der Waals surface area contributed by atoms with Gasteiger partial charge in [0.15, 0.2) is 6.61 Å². The lowest BCUT2D eigenvalue weighted by Gasteiger charge is -2.02. The minimum absolute atomic E-state index is 0.0938. The van der Waals surface area contributed by atoms with Crippen LogP contribution in [0.4, 0.5) is 0 Å². The molecule has 1 aromatic rings. The molecule has 0 spiro atoms. The second-order valence-corrected chi connectivity index (χ2v) is 2.39. The van der Waals surface area contributed by atoms with Crippen LogP contribution >= 0.6 is 0 Å². The smallest absolute Gasteiger partial charge is 0.255 e. The van der Waals surface area contributed by atoms with Gasteiger partial charge in [0.2, 0.25) is 0 Å². The normalized spacial score (nSPS) is 9.42. The first-order valence-corrected chi connectivity index (χ1v) is 3.52. The number of rotatable bonds is 3. The van der Waals surface area contributed by atoms with Crippen LogP contribution in [0.2, 0.25) is 0 Å². The Morgan fingerprint density at radius 2 is 2.50 bits per heavy atom. The Bertz CT molecular complexity index is 286. The number of nitrogens with two attached hydrogens (primary N) is 1. The largest absolute Gasteiger partial charge is 0.484 e. The zero-order valence-electron chi connectivity index (χ0n) is 6.78. The van der Waals surface area contributed by atoms with Crippen molar-refractivity contribution < 1.29 is 9.53 Å². The van der Waals surface area contributed by atoms with Gasteiger partial charge in [0.05, 0.1) is 0 Å². The van der Waals surface area contributed by atoms with Crippen molar-refractivity contribution >= 4 is 5.91 Å². The number of aromatic nitrogens is 1. The van der Waals surface area contributed by atoms with Gasteiger partial charge in [-0.3, -0.25) is 9.78 Å². The Hall–Kier alpha value is -1.58. The van der Waals surface area contributed by atoms with Gasteiger partial charge in [-0.05, 0) is 13.0 Å². The summed E-state index contributed by atoms with van der Waals surface area (Å²) < 4.78 is 5.03. The SMILES string of the molecule is Cc1cc(OCC(N)=O)ccn1. The molecule has 2 N–H and O–H groups in total. The van der Waals surface area contributed by atoms with Crippen molar-refractivity contribution in [2.75, 3.05) is 6.61 Å². The minimum Gasteiger partial charge on any atom is -0.484 e. The summed E-state index contributed by atoms with van der Waals surface area (Å²) in [5.74, 6) is 0.130. The molecule has 0 atom stereocenters. The summed E-state index contributed by atoms with van der Waals surface area (Å²) in [5, 5.41) is 0. The predicted molar refractivity (Wildman–Crippen MR) is 43.7 cm³/mol. The Morgan fingerprint density at radius 1 is 1.75 bits per heavy atom. The summed E-state index contributed by atoms with van der Waals surface area (Å²) >= 11 is 0. The van der Waals surface area contributed by atoms with E-state index in [4.69, 9.17) is 10.5 Å². The standard InChI is InChI=1S/C8H10N2O2/c1-6-4-7(2-3-10-6)12-5-8(9)11/h2-4H,5H2,1H3,(H2,9,11). The fraction of sp³-hybridized carbons (Fsp3) is 0.250. The number of hydrogen-bond acceptors (Lipinski definition) is 3. The third-order valence-corrected chi connectivity index (χ3v) is 1.25. The maximum atomic E-state index is 10.3. The molecule has 0 unspecified atom stereocenters. The maximum Gasteiger partial charge on any atom is 0.255 e. The van der Waals surface area contributed by atoms with Gasteiger partial charge in [0.25, 0.3) is 5.91 Å². The van der Waals surface area contributed by atoms with Gasteiger partial charge in [-0.2, -0.15) is 0 Å². The molecule has 0 aliphatic carbocycles. The van der Waals surface area contributed by atoms with Gasteiger partial charge in [-0.15, -0.1) is 0 Å². The highest BCUT2D eigenvalue weighted by molar-refractivity contribution is 5.75. The number of amides is 1. The average molecular weight is 166 g/mol. The van der Waals surface area contributed by atoms with E-state index in [0.29, 0.717) is 5.75 Å². The first kappa shape index (κ1) is 8.52. The van der Waals surface area contributed by atoms with Crippen molar-refractivity contribution in [3.05, 3.63) is 24.0 Å². The fourth-order valence-electron chi connectivity index (χ4n) is 0.764. The highest BCUT2D eigenvalue weighted by Crippen LogP contribution is 2.09. The summed E-state index contributed by atoms with van der Waals surface area (Å²) in [6, 6.07) is 3.42. The quantitative estimate of drug-likeness (QED) is 0.700. The third kappa shape index (κ3) is 2.57. The number of carbonyl (C=O) groups is 1. The second-order valence-electron chi connectivity index (χ2n) is 2.39. The number of ether oxygens (including phenoxy) is 1. The van der Waals surface area contributed by atoms with Crippen molar-refractivity contribution in [1.82, 2.24) is 4.98 Å². The van der Waals surface area contributed by atoms with E-state index in [-0.39, 0.29) is 6.61 Å². The molecular weight excluding hydrogens is 156 g/mol. The molecule has 0 saturated carbocycles. The molecule has 12 heavy (non-hydrogen) atoms. The van der Waals surface area contributed by atoms with Crippen molar-refractivity contribution in [2.24, 2.45) is 5.73 Å². The summed E-state index contributed by atoms with van der Waals surface area (Å²) in [4.78, 5) is 14.3. The molecule has 1 aromatic heterocycles. The molecule has 0 fully saturated rings. The highest BCUT2D eigenvalue weighted by atomic mass is 16.5. The number of aryl methyl sites for hydroxylation is 1. The molecular formula is C8H10N2O2. The topological polar surface area (TPSA) is 65.2 Å². The molecule has 1 rings (SSSR count). The van der Waals surface area contributed by atoms with Crippen LogP contribution in [0.25, 0.3) is 0 Å². The van der Waals surface area contributed by atoms with Crippen LogP contribution in [0.5, 0.6) is 5.75 Å². The molecule has 64 valence electrons. The molecule has 0 saturated heterocycles. The lowest BCUT2D eigenvalue weighted by atomic mass is 10.3. The van der Waals surface area contributed by atoms with Gasteiger partial charge in [-0.1, -0.05) is 0 Å². The van der Waals surface area contributed by atoms with Crippen LogP contribution in [0.1, 0.15) is 5.69 Å². The maximum absolute atomic E-state index is 10.3. The van der Waals surface area contributed by atoms with E-state index < -0.39 is 5.91 Å². The van der Waals surface area contributed by atoms with Crippen molar-refractivity contribution in [3.8, 4) is 5.75 Å². The number of primary amides is 1. The van der Waals surface area contributed by atoms with Crippen LogP contribution in [0, 0.1) is 6.92 Å². The van der Waals surface area contributed by atoms with Crippen molar-refractivity contribution in [2.45, 2.75) is 6.92 Å². The van der Waals surface area contributed by atoms with Crippen LogP contribution in [-0.2, 0) is 4.79 Å². The fourth-order valence-corrected chi connectivity index (χ4v) is 0.764. The van der Waals surface area contributed by atoms with E-state index in [1.807, 2.05) is 6.92 Å². The molecule has 0 bridgehead atoms. The molecule has 0 aliphatic heterocycles.